The van der Waals surface area contributed by atoms with Crippen LogP contribution in [-0.4, -0.2) is 47.9 Å². The minimum atomic E-state index is -0.126. The number of nitrogens with one attached hydrogen (secondary N) is 2. The Bertz CT molecular complexity index is 319. The summed E-state index contributed by atoms with van der Waals surface area (Å²) in [5.41, 5.74) is 0. The number of amides is 2. The quantitative estimate of drug-likeness (QED) is 0.573. The van der Waals surface area contributed by atoms with Crippen LogP contribution in [0, 0.1) is 0 Å². The van der Waals surface area contributed by atoms with E-state index in [-0.39, 0.29) is 17.9 Å². The van der Waals surface area contributed by atoms with Gasteiger partial charge in [-0.1, -0.05) is 0 Å². The van der Waals surface area contributed by atoms with E-state index in [1.165, 1.54) is 12.8 Å². The third kappa shape index (κ3) is 1.74. The molecular formula is C11H17N3O2. The molecule has 3 fully saturated rings. The molecule has 3 heterocycles. The van der Waals surface area contributed by atoms with Gasteiger partial charge in [0, 0.05) is 31.6 Å². The maximum absolute atomic E-state index is 11.7. The Balaban J connectivity index is 1.68. The standard InChI is InChI=1S/C11H17N3O2/c15-10-4-3-9(11(16)13-10)14-5-7-1-2-8(6-14)12-7/h7-9,12H,1-6H2,(H,13,15,16). The number of carbonyl (C=O) groups is 2. The molecule has 0 aromatic carbocycles. The first-order valence-electron chi connectivity index (χ1n) is 6.06. The Morgan fingerprint density at radius 3 is 2.38 bits per heavy atom. The van der Waals surface area contributed by atoms with Gasteiger partial charge in [0.25, 0.3) is 0 Å². The van der Waals surface area contributed by atoms with Crippen LogP contribution >= 0.6 is 0 Å². The Hall–Kier alpha value is -0.940. The summed E-state index contributed by atoms with van der Waals surface area (Å²) in [6.45, 7) is 1.89. The lowest BCUT2D eigenvalue weighted by Crippen LogP contribution is -2.60. The summed E-state index contributed by atoms with van der Waals surface area (Å²) in [4.78, 5) is 25.1. The molecule has 3 atom stereocenters. The molecule has 5 heteroatoms. The van der Waals surface area contributed by atoms with E-state index in [9.17, 15) is 9.59 Å². The summed E-state index contributed by atoms with van der Waals surface area (Å²) < 4.78 is 0. The van der Waals surface area contributed by atoms with Crippen LogP contribution in [0.1, 0.15) is 25.7 Å². The SMILES string of the molecule is O=C1CCC(N2CC3CCC(C2)N3)C(=O)N1. The molecular weight excluding hydrogens is 206 g/mol. The van der Waals surface area contributed by atoms with Crippen molar-refractivity contribution in [3.05, 3.63) is 0 Å². The van der Waals surface area contributed by atoms with Gasteiger partial charge in [0.1, 0.15) is 0 Å². The Morgan fingerprint density at radius 1 is 1.06 bits per heavy atom. The number of likely N-dealkylation sites (tertiary alicyclic amines) is 1. The van der Waals surface area contributed by atoms with Gasteiger partial charge in [-0.2, -0.15) is 0 Å². The Morgan fingerprint density at radius 2 is 1.75 bits per heavy atom. The van der Waals surface area contributed by atoms with Crippen molar-refractivity contribution in [2.24, 2.45) is 0 Å². The van der Waals surface area contributed by atoms with Gasteiger partial charge in [0.05, 0.1) is 6.04 Å². The number of hydrogen-bond donors (Lipinski definition) is 2. The summed E-state index contributed by atoms with van der Waals surface area (Å²) in [7, 11) is 0. The lowest BCUT2D eigenvalue weighted by atomic mass is 10.0. The van der Waals surface area contributed by atoms with Gasteiger partial charge >= 0.3 is 0 Å². The minimum absolute atomic E-state index is 0.0806. The van der Waals surface area contributed by atoms with E-state index in [0.29, 0.717) is 24.9 Å². The summed E-state index contributed by atoms with van der Waals surface area (Å²) in [6.07, 6.45) is 3.60. The highest BCUT2D eigenvalue weighted by atomic mass is 16.2. The molecule has 2 bridgehead atoms. The minimum Gasteiger partial charge on any atom is -0.309 e. The first kappa shape index (κ1) is 10.2. The van der Waals surface area contributed by atoms with E-state index >= 15 is 0 Å². The van der Waals surface area contributed by atoms with E-state index in [1.807, 2.05) is 0 Å². The third-order valence-electron chi connectivity index (χ3n) is 3.90. The largest absolute Gasteiger partial charge is 0.309 e. The predicted molar refractivity (Wildman–Crippen MR) is 57.7 cm³/mol. The number of fused-ring (bicyclic) bond motifs is 2. The average Bonchev–Trinajstić information content (AvgIpc) is 2.58. The van der Waals surface area contributed by atoms with Crippen LogP contribution in [0.5, 0.6) is 0 Å². The van der Waals surface area contributed by atoms with Crippen molar-refractivity contribution in [3.8, 4) is 0 Å². The van der Waals surface area contributed by atoms with Crippen LogP contribution in [0.4, 0.5) is 0 Å². The van der Waals surface area contributed by atoms with Crippen LogP contribution in [0.2, 0.25) is 0 Å². The van der Waals surface area contributed by atoms with E-state index in [0.717, 1.165) is 13.1 Å². The van der Waals surface area contributed by atoms with Crippen molar-refractivity contribution in [1.29, 1.82) is 0 Å². The van der Waals surface area contributed by atoms with Crippen molar-refractivity contribution in [2.75, 3.05) is 13.1 Å². The first-order chi connectivity index (χ1) is 7.72. The van der Waals surface area contributed by atoms with Crippen molar-refractivity contribution in [3.63, 3.8) is 0 Å². The van der Waals surface area contributed by atoms with Crippen LogP contribution in [-0.2, 0) is 9.59 Å². The highest BCUT2D eigenvalue weighted by Gasteiger charge is 2.39. The molecule has 3 aliphatic rings. The number of carbonyl (C=O) groups excluding carboxylic acids is 2. The smallest absolute Gasteiger partial charge is 0.243 e. The van der Waals surface area contributed by atoms with Crippen LogP contribution in [0.25, 0.3) is 0 Å². The molecule has 3 saturated heterocycles. The van der Waals surface area contributed by atoms with Crippen LogP contribution in [0.15, 0.2) is 0 Å². The molecule has 3 aliphatic heterocycles. The molecule has 0 radical (unpaired) electrons. The number of piperidine rings is 1. The predicted octanol–water partition coefficient (Wildman–Crippen LogP) is -0.772. The van der Waals surface area contributed by atoms with Gasteiger partial charge in [-0.25, -0.2) is 0 Å². The second-order valence-electron chi connectivity index (χ2n) is 5.06. The van der Waals surface area contributed by atoms with Gasteiger partial charge in [-0.05, 0) is 19.3 Å². The molecule has 0 aromatic heterocycles. The zero-order chi connectivity index (χ0) is 11.1. The summed E-state index contributed by atoms with van der Waals surface area (Å²) in [5, 5.41) is 5.98. The molecule has 16 heavy (non-hydrogen) atoms. The fraction of sp³-hybridized carbons (Fsp3) is 0.818. The zero-order valence-electron chi connectivity index (χ0n) is 9.24. The van der Waals surface area contributed by atoms with Crippen molar-refractivity contribution in [2.45, 2.75) is 43.8 Å². The zero-order valence-corrected chi connectivity index (χ0v) is 9.24. The van der Waals surface area contributed by atoms with Crippen molar-refractivity contribution in [1.82, 2.24) is 15.5 Å². The first-order valence-corrected chi connectivity index (χ1v) is 6.06. The molecule has 0 aliphatic carbocycles. The van der Waals surface area contributed by atoms with Gasteiger partial charge in [0.15, 0.2) is 0 Å². The lowest BCUT2D eigenvalue weighted by Gasteiger charge is -2.38. The van der Waals surface area contributed by atoms with E-state index < -0.39 is 0 Å². The van der Waals surface area contributed by atoms with Crippen LogP contribution in [0.3, 0.4) is 0 Å². The van der Waals surface area contributed by atoms with Crippen molar-refractivity contribution >= 4 is 11.8 Å². The van der Waals surface area contributed by atoms with Gasteiger partial charge in [-0.15, -0.1) is 0 Å². The molecule has 2 amide bonds. The molecule has 2 N–H and O–H groups in total. The molecule has 5 nitrogen and oxygen atoms in total. The fourth-order valence-corrected chi connectivity index (χ4v) is 3.12. The number of nitrogens with zero attached hydrogens (tertiary/aromatic N) is 1. The molecule has 0 spiro atoms. The molecule has 3 unspecified atom stereocenters. The number of imide groups is 1. The number of hydrogen-bond acceptors (Lipinski definition) is 4. The van der Waals surface area contributed by atoms with E-state index in [1.54, 1.807) is 0 Å². The second kappa shape index (κ2) is 3.82. The van der Waals surface area contributed by atoms with E-state index in [4.69, 9.17) is 0 Å². The summed E-state index contributed by atoms with van der Waals surface area (Å²) >= 11 is 0. The lowest BCUT2D eigenvalue weighted by molar-refractivity contribution is -0.138. The maximum atomic E-state index is 11.7. The van der Waals surface area contributed by atoms with Crippen LogP contribution < -0.4 is 10.6 Å². The Labute approximate surface area is 94.6 Å². The normalized spacial score (nSPS) is 39.9. The Kier molecular flexibility index (Phi) is 2.44. The topological polar surface area (TPSA) is 61.4 Å². The number of rotatable bonds is 1. The monoisotopic (exact) mass is 223 g/mol. The van der Waals surface area contributed by atoms with Gasteiger partial charge in [-0.3, -0.25) is 19.8 Å². The highest BCUT2D eigenvalue weighted by molar-refractivity contribution is 6.00. The maximum Gasteiger partial charge on any atom is 0.243 e. The fourth-order valence-electron chi connectivity index (χ4n) is 3.12. The molecule has 3 rings (SSSR count). The molecule has 0 saturated carbocycles. The average molecular weight is 223 g/mol. The molecule has 0 aromatic rings. The number of piperazine rings is 1. The second-order valence-corrected chi connectivity index (χ2v) is 5.06. The van der Waals surface area contributed by atoms with Crippen molar-refractivity contribution < 1.29 is 9.59 Å². The summed E-state index contributed by atoms with van der Waals surface area (Å²) in [6, 6.07) is 1.01. The van der Waals surface area contributed by atoms with Gasteiger partial charge < -0.3 is 5.32 Å². The van der Waals surface area contributed by atoms with Gasteiger partial charge in [0.2, 0.25) is 11.8 Å². The molecule has 88 valence electrons. The highest BCUT2D eigenvalue weighted by Crippen LogP contribution is 2.23. The van der Waals surface area contributed by atoms with E-state index in [2.05, 4.69) is 15.5 Å². The third-order valence-corrected chi connectivity index (χ3v) is 3.90. The summed E-state index contributed by atoms with van der Waals surface area (Å²) in [5.74, 6) is -0.225.